The number of aryl methyl sites for hydroxylation is 1. The summed E-state index contributed by atoms with van der Waals surface area (Å²) in [6.45, 7) is 2.09. The summed E-state index contributed by atoms with van der Waals surface area (Å²) in [4.78, 5) is 5.66. The molecule has 0 saturated carbocycles. The van der Waals surface area contributed by atoms with Gasteiger partial charge in [0.2, 0.25) is 0 Å². The standard InChI is InChI=1S/C19H17N3OS/c1-12-2-8-15(9-3-12)24-19-16-10-17(22-18(16)20-11-21-19)13-4-6-14(23)7-5-13/h2-11,18,22-23H,1H3,(H,20,21). The maximum absolute atomic E-state index is 9.45. The van der Waals surface area contributed by atoms with Crippen molar-refractivity contribution < 1.29 is 5.11 Å². The van der Waals surface area contributed by atoms with Crippen molar-refractivity contribution >= 4 is 23.8 Å². The number of nitrogens with one attached hydrogen (secondary N) is 2. The highest BCUT2D eigenvalue weighted by Crippen LogP contribution is 2.35. The van der Waals surface area contributed by atoms with Crippen LogP contribution in [0.3, 0.4) is 0 Å². The molecule has 0 saturated heterocycles. The summed E-state index contributed by atoms with van der Waals surface area (Å²) in [5.74, 6) is 0.268. The molecule has 2 aliphatic heterocycles. The van der Waals surface area contributed by atoms with Gasteiger partial charge in [0.15, 0.2) is 0 Å². The van der Waals surface area contributed by atoms with Crippen molar-refractivity contribution in [3.05, 3.63) is 76.3 Å². The zero-order valence-electron chi connectivity index (χ0n) is 13.2. The van der Waals surface area contributed by atoms with Crippen molar-refractivity contribution in [3.63, 3.8) is 0 Å². The number of benzene rings is 2. The first-order valence-corrected chi connectivity index (χ1v) is 8.55. The third kappa shape index (κ3) is 2.90. The van der Waals surface area contributed by atoms with Crippen LogP contribution in [0.1, 0.15) is 11.1 Å². The Kier molecular flexibility index (Phi) is 3.78. The Morgan fingerprint density at radius 2 is 1.79 bits per heavy atom. The Balaban J connectivity index is 1.65. The number of aliphatic imine (C=N–C) groups is 1. The monoisotopic (exact) mass is 335 g/mol. The molecule has 3 N–H and O–H groups in total. The lowest BCUT2D eigenvalue weighted by atomic mass is 10.1. The van der Waals surface area contributed by atoms with Gasteiger partial charge in [-0.15, -0.1) is 0 Å². The first-order chi connectivity index (χ1) is 11.7. The van der Waals surface area contributed by atoms with Crippen molar-refractivity contribution in [2.75, 3.05) is 0 Å². The molecule has 2 aliphatic rings. The van der Waals surface area contributed by atoms with Crippen molar-refractivity contribution in [3.8, 4) is 5.75 Å². The molecule has 5 heteroatoms. The zero-order valence-corrected chi connectivity index (χ0v) is 14.0. The minimum Gasteiger partial charge on any atom is -0.508 e. The Morgan fingerprint density at radius 3 is 2.54 bits per heavy atom. The topological polar surface area (TPSA) is 56.6 Å². The number of hydrogen-bond donors (Lipinski definition) is 3. The smallest absolute Gasteiger partial charge is 0.149 e. The molecule has 4 nitrogen and oxygen atoms in total. The summed E-state index contributed by atoms with van der Waals surface area (Å²) in [5, 5.41) is 17.2. The summed E-state index contributed by atoms with van der Waals surface area (Å²) in [6, 6.07) is 15.7. The molecule has 120 valence electrons. The Hall–Kier alpha value is -2.66. The van der Waals surface area contributed by atoms with Gasteiger partial charge in [0.05, 0.1) is 11.4 Å². The summed E-state index contributed by atoms with van der Waals surface area (Å²) in [5.41, 5.74) is 4.43. The van der Waals surface area contributed by atoms with Gasteiger partial charge < -0.3 is 15.7 Å². The van der Waals surface area contributed by atoms with Crippen LogP contribution in [-0.2, 0) is 0 Å². The third-order valence-corrected chi connectivity index (χ3v) is 5.05. The molecule has 0 bridgehead atoms. The summed E-state index contributed by atoms with van der Waals surface area (Å²) < 4.78 is 0. The number of nitrogens with zero attached hydrogens (tertiary/aromatic N) is 1. The predicted molar refractivity (Wildman–Crippen MR) is 98.7 cm³/mol. The quantitative estimate of drug-likeness (QED) is 0.802. The highest BCUT2D eigenvalue weighted by atomic mass is 32.2. The summed E-state index contributed by atoms with van der Waals surface area (Å²) in [7, 11) is 0. The molecule has 0 radical (unpaired) electrons. The Bertz CT molecular complexity index is 851. The van der Waals surface area contributed by atoms with Crippen molar-refractivity contribution in [1.82, 2.24) is 10.6 Å². The van der Waals surface area contributed by atoms with E-state index in [1.807, 2.05) is 12.1 Å². The second-order valence-corrected chi connectivity index (χ2v) is 6.86. The molecular formula is C19H17N3OS. The minimum absolute atomic E-state index is 0.0667. The minimum atomic E-state index is -0.0667. The van der Waals surface area contributed by atoms with Gasteiger partial charge in [0, 0.05) is 16.2 Å². The van der Waals surface area contributed by atoms with Gasteiger partial charge in [0.25, 0.3) is 0 Å². The van der Waals surface area contributed by atoms with Crippen LogP contribution in [0.15, 0.2) is 75.1 Å². The first kappa shape index (κ1) is 14.9. The molecule has 0 aliphatic carbocycles. The zero-order chi connectivity index (χ0) is 16.5. The van der Waals surface area contributed by atoms with Crippen molar-refractivity contribution in [1.29, 1.82) is 0 Å². The molecule has 1 atom stereocenters. The van der Waals surface area contributed by atoms with E-state index in [-0.39, 0.29) is 11.9 Å². The Morgan fingerprint density at radius 1 is 1.04 bits per heavy atom. The van der Waals surface area contributed by atoms with Gasteiger partial charge in [-0.2, -0.15) is 0 Å². The van der Waals surface area contributed by atoms with Gasteiger partial charge in [-0.1, -0.05) is 29.5 Å². The van der Waals surface area contributed by atoms with E-state index < -0.39 is 0 Å². The van der Waals surface area contributed by atoms with Crippen LogP contribution in [0.25, 0.3) is 5.70 Å². The largest absolute Gasteiger partial charge is 0.508 e. The van der Waals surface area contributed by atoms with Gasteiger partial charge in [-0.05, 0) is 55.0 Å². The van der Waals surface area contributed by atoms with Crippen LogP contribution in [0, 0.1) is 6.92 Å². The van der Waals surface area contributed by atoms with E-state index in [1.54, 1.807) is 30.2 Å². The molecule has 0 fully saturated rings. The lowest BCUT2D eigenvalue weighted by Crippen LogP contribution is -2.29. The first-order valence-electron chi connectivity index (χ1n) is 7.73. The van der Waals surface area contributed by atoms with E-state index in [1.165, 1.54) is 10.5 Å². The average molecular weight is 335 g/mol. The molecule has 4 rings (SSSR count). The van der Waals surface area contributed by atoms with E-state index in [9.17, 15) is 5.11 Å². The van der Waals surface area contributed by atoms with Crippen molar-refractivity contribution in [2.24, 2.45) is 4.99 Å². The van der Waals surface area contributed by atoms with E-state index in [0.717, 1.165) is 21.9 Å². The van der Waals surface area contributed by atoms with Gasteiger partial charge in [0.1, 0.15) is 11.9 Å². The highest BCUT2D eigenvalue weighted by Gasteiger charge is 2.26. The summed E-state index contributed by atoms with van der Waals surface area (Å²) >= 11 is 1.70. The molecule has 0 spiro atoms. The number of rotatable bonds is 3. The van der Waals surface area contributed by atoms with E-state index in [0.29, 0.717) is 0 Å². The molecule has 24 heavy (non-hydrogen) atoms. The van der Waals surface area contributed by atoms with Gasteiger partial charge in [-0.3, -0.25) is 0 Å². The third-order valence-electron chi connectivity index (χ3n) is 3.99. The summed E-state index contributed by atoms with van der Waals surface area (Å²) in [6.07, 6.45) is 3.80. The van der Waals surface area contributed by atoms with E-state index in [2.05, 4.69) is 52.9 Å². The normalized spacial score (nSPS) is 18.7. The number of aromatic hydroxyl groups is 1. The lowest BCUT2D eigenvalue weighted by molar-refractivity contribution is 0.475. The highest BCUT2D eigenvalue weighted by molar-refractivity contribution is 8.03. The number of thioether (sulfide) groups is 1. The molecule has 1 unspecified atom stereocenters. The molecule has 2 aromatic carbocycles. The number of phenols is 1. The van der Waals surface area contributed by atoms with Crippen molar-refractivity contribution in [2.45, 2.75) is 18.0 Å². The molecule has 0 aromatic heterocycles. The van der Waals surface area contributed by atoms with Crippen LogP contribution in [0.5, 0.6) is 5.75 Å². The SMILES string of the molecule is Cc1ccc(SC2=C3C=C(c4ccc(O)cc4)NC3N=CN2)cc1. The second kappa shape index (κ2) is 6.09. The van der Waals surface area contributed by atoms with E-state index in [4.69, 9.17) is 0 Å². The molecule has 2 heterocycles. The fraction of sp³-hybridized carbons (Fsp3) is 0.105. The maximum atomic E-state index is 9.45. The van der Waals surface area contributed by atoms with Gasteiger partial charge >= 0.3 is 0 Å². The van der Waals surface area contributed by atoms with E-state index >= 15 is 0 Å². The van der Waals surface area contributed by atoms with Crippen LogP contribution < -0.4 is 10.6 Å². The molecule has 0 amide bonds. The fourth-order valence-corrected chi connectivity index (χ4v) is 3.59. The van der Waals surface area contributed by atoms with Crippen LogP contribution in [0.2, 0.25) is 0 Å². The molecule has 2 aromatic rings. The lowest BCUT2D eigenvalue weighted by Gasteiger charge is -2.19. The van der Waals surface area contributed by atoms with Crippen LogP contribution in [-0.4, -0.2) is 17.6 Å². The fourth-order valence-electron chi connectivity index (χ4n) is 2.68. The Labute approximate surface area is 145 Å². The predicted octanol–water partition coefficient (Wildman–Crippen LogP) is 3.61. The van der Waals surface area contributed by atoms with Gasteiger partial charge in [-0.25, -0.2) is 4.99 Å². The molecular weight excluding hydrogens is 318 g/mol. The number of phenolic OH excluding ortho intramolecular Hbond substituents is 1. The average Bonchev–Trinajstić information content (AvgIpc) is 3.03. The maximum Gasteiger partial charge on any atom is 0.149 e. The van der Waals surface area contributed by atoms with Crippen LogP contribution >= 0.6 is 11.8 Å². The second-order valence-electron chi connectivity index (χ2n) is 5.77. The van der Waals surface area contributed by atoms with Crippen LogP contribution in [0.4, 0.5) is 0 Å². The number of fused-ring (bicyclic) bond motifs is 1. The number of hydrogen-bond acceptors (Lipinski definition) is 5.